The molecule has 0 spiro atoms. The molecule has 3 N–H and O–H groups in total. The van der Waals surface area contributed by atoms with E-state index >= 15 is 0 Å². The molecule has 0 amide bonds. The summed E-state index contributed by atoms with van der Waals surface area (Å²) in [5.41, 5.74) is -0.965. The van der Waals surface area contributed by atoms with Crippen LogP contribution in [0.15, 0.2) is 37.0 Å². The summed E-state index contributed by atoms with van der Waals surface area (Å²) in [6, 6.07) is 0. The zero-order valence-corrected chi connectivity index (χ0v) is 18.6. The van der Waals surface area contributed by atoms with Crippen molar-refractivity contribution in [3.63, 3.8) is 0 Å². The molecule has 4 atom stereocenters. The number of allylic oxidation sites excluding steroid dienone is 4. The average Bonchev–Trinajstić information content (AvgIpc) is 3.15. The first-order valence-electron chi connectivity index (χ1n) is 11.9. The topological polar surface area (TPSA) is 60.7 Å². The van der Waals surface area contributed by atoms with Gasteiger partial charge >= 0.3 is 0 Å². The zero-order chi connectivity index (χ0) is 21.2. The first-order chi connectivity index (χ1) is 14.0. The molecule has 0 aromatic heterocycles. The maximum atomic E-state index is 10.0. The van der Waals surface area contributed by atoms with Gasteiger partial charge in [0.05, 0.1) is 12.7 Å². The van der Waals surface area contributed by atoms with Gasteiger partial charge in [0.25, 0.3) is 0 Å². The van der Waals surface area contributed by atoms with E-state index in [2.05, 4.69) is 37.8 Å². The molecule has 2 aliphatic rings. The number of unbranched alkanes of at least 4 members (excludes halogenated alkanes) is 1. The molecule has 3 nitrogen and oxygen atoms in total. The van der Waals surface area contributed by atoms with E-state index in [-0.39, 0.29) is 0 Å². The molecule has 2 aliphatic carbocycles. The average molecular weight is 405 g/mol. The van der Waals surface area contributed by atoms with Crippen LogP contribution < -0.4 is 0 Å². The largest absolute Gasteiger partial charge is 0.393 e. The third-order valence-corrected chi connectivity index (χ3v) is 7.52. The first-order valence-corrected chi connectivity index (χ1v) is 11.9. The molecule has 29 heavy (non-hydrogen) atoms. The van der Waals surface area contributed by atoms with Crippen LogP contribution in [-0.2, 0) is 0 Å². The highest BCUT2D eigenvalue weighted by Gasteiger charge is 2.35. The van der Waals surface area contributed by atoms with Gasteiger partial charge in [0.2, 0.25) is 0 Å². The summed E-state index contributed by atoms with van der Waals surface area (Å²) in [5.74, 6) is 1.46. The van der Waals surface area contributed by atoms with Gasteiger partial charge in [-0.3, -0.25) is 0 Å². The van der Waals surface area contributed by atoms with Gasteiger partial charge in [-0.2, -0.15) is 0 Å². The van der Waals surface area contributed by atoms with Gasteiger partial charge in [0.15, 0.2) is 0 Å². The van der Waals surface area contributed by atoms with E-state index in [1.165, 1.54) is 70.3 Å². The lowest BCUT2D eigenvalue weighted by Gasteiger charge is -2.41. The Hall–Kier alpha value is -0.900. The Morgan fingerprint density at radius 2 is 1.97 bits per heavy atom. The van der Waals surface area contributed by atoms with Crippen molar-refractivity contribution in [2.24, 2.45) is 17.3 Å². The number of hydrogen-bond donors (Lipinski definition) is 3. The third-order valence-electron chi connectivity index (χ3n) is 7.52. The van der Waals surface area contributed by atoms with Crippen LogP contribution in [0.25, 0.3) is 0 Å². The lowest BCUT2D eigenvalue weighted by Crippen LogP contribution is -2.43. The van der Waals surface area contributed by atoms with Gasteiger partial charge in [-0.05, 0) is 75.0 Å². The van der Waals surface area contributed by atoms with Crippen LogP contribution in [0, 0.1) is 17.3 Å². The van der Waals surface area contributed by atoms with Crippen molar-refractivity contribution in [1.82, 2.24) is 0 Å². The van der Waals surface area contributed by atoms with E-state index in [9.17, 15) is 15.3 Å². The van der Waals surface area contributed by atoms with Crippen LogP contribution in [0.5, 0.6) is 0 Å². The molecule has 166 valence electrons. The van der Waals surface area contributed by atoms with Crippen molar-refractivity contribution in [2.45, 2.75) is 102 Å². The summed E-state index contributed by atoms with van der Waals surface area (Å²) in [5, 5.41) is 29.3. The van der Waals surface area contributed by atoms with Crippen molar-refractivity contribution in [3.8, 4) is 0 Å². The second-order valence-electron chi connectivity index (χ2n) is 9.60. The minimum absolute atomic E-state index is 0.424. The molecule has 3 heteroatoms. The van der Waals surface area contributed by atoms with Crippen LogP contribution in [0.3, 0.4) is 0 Å². The first kappa shape index (κ1) is 24.4. The van der Waals surface area contributed by atoms with Gasteiger partial charge < -0.3 is 15.3 Å². The quantitative estimate of drug-likeness (QED) is 0.325. The van der Waals surface area contributed by atoms with Gasteiger partial charge in [-0.25, -0.2) is 0 Å². The Kier molecular flexibility index (Phi) is 10.1. The van der Waals surface area contributed by atoms with E-state index in [1.807, 2.05) is 0 Å². The van der Waals surface area contributed by atoms with E-state index < -0.39 is 18.3 Å². The normalized spacial score (nSPS) is 27.2. The Labute approximate surface area is 178 Å². The molecule has 2 fully saturated rings. The number of aliphatic hydroxyl groups excluding tert-OH is 2. The van der Waals surface area contributed by atoms with Gasteiger partial charge in [0, 0.05) is 0 Å². The summed E-state index contributed by atoms with van der Waals surface area (Å²) >= 11 is 0. The molecule has 0 heterocycles. The van der Waals surface area contributed by atoms with Crippen LogP contribution in [0.2, 0.25) is 0 Å². The Balaban J connectivity index is 1.72. The molecule has 2 saturated carbocycles. The summed E-state index contributed by atoms with van der Waals surface area (Å²) in [6.07, 6.45) is 25.4. The lowest BCUT2D eigenvalue weighted by atomic mass is 9.64. The van der Waals surface area contributed by atoms with E-state index in [1.54, 1.807) is 0 Å². The predicted octanol–water partition coefficient (Wildman–Crippen LogP) is 5.71. The van der Waals surface area contributed by atoms with Crippen LogP contribution >= 0.6 is 0 Å². The molecule has 0 aromatic carbocycles. The molecule has 0 saturated heterocycles. The second-order valence-corrected chi connectivity index (χ2v) is 9.60. The Morgan fingerprint density at radius 1 is 1.17 bits per heavy atom. The Morgan fingerprint density at radius 3 is 2.59 bits per heavy atom. The third kappa shape index (κ3) is 7.08. The summed E-state index contributed by atoms with van der Waals surface area (Å²) in [6.45, 7) is 5.29. The SMILES string of the molecule is C=CC(O)(CO)C(O)CC/C=C\C[C@H]1CCC[C@@H]1/C=C/CC1(CCCC)CCC1. The fourth-order valence-electron chi connectivity index (χ4n) is 5.09. The van der Waals surface area contributed by atoms with Crippen molar-refractivity contribution < 1.29 is 15.3 Å². The van der Waals surface area contributed by atoms with E-state index in [0.29, 0.717) is 24.2 Å². The second kappa shape index (κ2) is 12.1. The molecule has 0 aromatic rings. The molecule has 2 unspecified atom stereocenters. The molecule has 0 aliphatic heterocycles. The maximum absolute atomic E-state index is 10.0. The zero-order valence-electron chi connectivity index (χ0n) is 18.6. The minimum Gasteiger partial charge on any atom is -0.393 e. The lowest BCUT2D eigenvalue weighted by molar-refractivity contribution is -0.0731. The molecule has 0 bridgehead atoms. The standard InChI is InChI=1S/C26H44O3/c1-3-5-17-25(19-11-20-25)18-10-15-23-14-9-13-22(23)12-7-6-8-16-24(28)26(29,4-2)21-27/h4,6-7,10,15,22-24,27-29H,2-3,5,8-9,11-14,16-21H2,1H3/b7-6-,15-10+/t22-,23+,24?,26?/m0/s1. The molecular formula is C26H44O3. The Bertz CT molecular complexity index is 534. The smallest absolute Gasteiger partial charge is 0.131 e. The highest BCUT2D eigenvalue weighted by molar-refractivity contribution is 5.03. The molecule has 2 rings (SSSR count). The summed E-state index contributed by atoms with van der Waals surface area (Å²) < 4.78 is 0. The summed E-state index contributed by atoms with van der Waals surface area (Å²) in [7, 11) is 0. The minimum atomic E-state index is -1.59. The fraction of sp³-hybridized carbons (Fsp3) is 0.769. The monoisotopic (exact) mass is 404 g/mol. The summed E-state index contributed by atoms with van der Waals surface area (Å²) in [4.78, 5) is 0. The van der Waals surface area contributed by atoms with Crippen LogP contribution in [-0.4, -0.2) is 33.6 Å². The van der Waals surface area contributed by atoms with Gasteiger partial charge in [-0.15, -0.1) is 6.58 Å². The van der Waals surface area contributed by atoms with Crippen molar-refractivity contribution in [3.05, 3.63) is 37.0 Å². The van der Waals surface area contributed by atoms with Crippen LogP contribution in [0.1, 0.15) is 90.4 Å². The highest BCUT2D eigenvalue weighted by Crippen LogP contribution is 2.48. The fourth-order valence-corrected chi connectivity index (χ4v) is 5.09. The number of rotatable bonds is 14. The van der Waals surface area contributed by atoms with Crippen molar-refractivity contribution in [2.75, 3.05) is 6.61 Å². The highest BCUT2D eigenvalue weighted by atomic mass is 16.4. The van der Waals surface area contributed by atoms with Crippen molar-refractivity contribution in [1.29, 1.82) is 0 Å². The van der Waals surface area contributed by atoms with Gasteiger partial charge in [-0.1, -0.05) is 63.0 Å². The predicted molar refractivity (Wildman–Crippen MR) is 122 cm³/mol. The maximum Gasteiger partial charge on any atom is 0.131 e. The molecule has 0 radical (unpaired) electrons. The van der Waals surface area contributed by atoms with Gasteiger partial charge in [0.1, 0.15) is 5.60 Å². The number of aliphatic hydroxyl groups is 3. The van der Waals surface area contributed by atoms with E-state index in [4.69, 9.17) is 0 Å². The van der Waals surface area contributed by atoms with E-state index in [0.717, 1.165) is 12.3 Å². The van der Waals surface area contributed by atoms with Crippen molar-refractivity contribution >= 4 is 0 Å². The number of hydrogen-bond acceptors (Lipinski definition) is 3. The molecular weight excluding hydrogens is 360 g/mol. The van der Waals surface area contributed by atoms with Crippen LogP contribution in [0.4, 0.5) is 0 Å².